The average Bonchev–Trinajstić information content (AvgIpc) is 3.09. The molecule has 0 aromatic carbocycles. The number of alkyl halides is 1. The number of ketones is 2. The first-order valence-electron chi connectivity index (χ1n) is 11.8. The Labute approximate surface area is 182 Å². The van der Waals surface area contributed by atoms with Gasteiger partial charge in [-0.05, 0) is 63.7 Å². The summed E-state index contributed by atoms with van der Waals surface area (Å²) in [5.74, 6) is -1.98. The van der Waals surface area contributed by atoms with Crippen LogP contribution in [0.5, 0.6) is 0 Å². The van der Waals surface area contributed by atoms with Crippen LogP contribution in [0, 0.1) is 28.6 Å². The second kappa shape index (κ2) is 6.37. The van der Waals surface area contributed by atoms with Crippen LogP contribution in [0.25, 0.3) is 0 Å². The molecule has 4 aliphatic carbocycles. The van der Waals surface area contributed by atoms with Gasteiger partial charge < -0.3 is 19.7 Å². The highest BCUT2D eigenvalue weighted by Crippen LogP contribution is 2.73. The van der Waals surface area contributed by atoms with Crippen LogP contribution in [0.15, 0.2) is 0 Å². The second-order valence-electron chi connectivity index (χ2n) is 11.7. The molecule has 1 saturated heterocycles. The Morgan fingerprint density at radius 2 is 1.87 bits per heavy atom. The molecule has 2 N–H and O–H groups in total. The van der Waals surface area contributed by atoms with E-state index in [4.69, 9.17) is 9.47 Å². The molecule has 0 radical (unpaired) electrons. The van der Waals surface area contributed by atoms with Crippen LogP contribution in [-0.2, 0) is 19.1 Å². The number of aliphatic hydroxyl groups is 2. The van der Waals surface area contributed by atoms with E-state index in [0.29, 0.717) is 32.1 Å². The minimum atomic E-state index is -1.82. The van der Waals surface area contributed by atoms with Gasteiger partial charge in [-0.25, -0.2) is 4.39 Å². The van der Waals surface area contributed by atoms with Crippen LogP contribution in [0.4, 0.5) is 4.39 Å². The van der Waals surface area contributed by atoms with Crippen LogP contribution < -0.4 is 0 Å². The van der Waals surface area contributed by atoms with E-state index in [1.807, 2.05) is 13.8 Å². The van der Waals surface area contributed by atoms with Gasteiger partial charge in [-0.3, -0.25) is 9.59 Å². The van der Waals surface area contributed by atoms with Gasteiger partial charge in [0.1, 0.15) is 18.1 Å². The van der Waals surface area contributed by atoms with E-state index < -0.39 is 58.4 Å². The Morgan fingerprint density at radius 3 is 2.55 bits per heavy atom. The number of hydrogen-bond donors (Lipinski definition) is 2. The van der Waals surface area contributed by atoms with Gasteiger partial charge >= 0.3 is 0 Å². The molecule has 7 heteroatoms. The lowest BCUT2D eigenvalue weighted by molar-refractivity contribution is -0.269. The molecule has 0 aromatic heterocycles. The Bertz CT molecular complexity index is 829. The summed E-state index contributed by atoms with van der Waals surface area (Å²) in [5, 5.41) is 21.3. The van der Waals surface area contributed by atoms with Crippen molar-refractivity contribution in [2.75, 3.05) is 6.61 Å². The van der Waals surface area contributed by atoms with Crippen molar-refractivity contribution in [1.82, 2.24) is 0 Å². The molecule has 174 valence electrons. The summed E-state index contributed by atoms with van der Waals surface area (Å²) < 4.78 is 29.7. The first-order chi connectivity index (χ1) is 14.4. The quantitative estimate of drug-likeness (QED) is 0.689. The number of carbonyl (C=O) groups excluding carboxylic acids is 2. The fraction of sp³-hybridized carbons (Fsp3) is 0.917. The smallest absolute Gasteiger partial charge is 0.193 e. The lowest BCUT2D eigenvalue weighted by Gasteiger charge is -2.65. The summed E-state index contributed by atoms with van der Waals surface area (Å²) in [4.78, 5) is 25.3. The van der Waals surface area contributed by atoms with E-state index in [1.165, 1.54) is 0 Å². The van der Waals surface area contributed by atoms with Crippen molar-refractivity contribution in [3.05, 3.63) is 0 Å². The predicted octanol–water partition coefficient (Wildman–Crippen LogP) is 2.72. The summed E-state index contributed by atoms with van der Waals surface area (Å²) in [5.41, 5.74) is -4.83. The number of halogens is 1. The van der Waals surface area contributed by atoms with Crippen molar-refractivity contribution in [3.63, 3.8) is 0 Å². The Kier molecular flexibility index (Phi) is 4.50. The molecule has 0 aromatic rings. The molecule has 0 amide bonds. The van der Waals surface area contributed by atoms with Gasteiger partial charge in [0.15, 0.2) is 17.2 Å². The lowest BCUT2D eigenvalue weighted by atomic mass is 9.42. The summed E-state index contributed by atoms with van der Waals surface area (Å²) in [6.07, 6.45) is 1.21. The fourth-order valence-electron chi connectivity index (χ4n) is 8.77. The third-order valence-electron chi connectivity index (χ3n) is 10.1. The molecule has 1 heterocycles. The van der Waals surface area contributed by atoms with E-state index in [2.05, 4.69) is 0 Å². The maximum atomic E-state index is 17.2. The first kappa shape index (κ1) is 21.9. The Morgan fingerprint density at radius 1 is 1.16 bits per heavy atom. The minimum Gasteiger partial charge on any atom is -0.390 e. The highest BCUT2D eigenvalue weighted by Gasteiger charge is 2.80. The zero-order valence-electron chi connectivity index (χ0n) is 18.9. The van der Waals surface area contributed by atoms with Crippen LogP contribution in [0.1, 0.15) is 72.6 Å². The number of aliphatic hydroxyl groups excluding tert-OH is 2. The van der Waals surface area contributed by atoms with E-state index in [1.54, 1.807) is 13.8 Å². The monoisotopic (exact) mass is 438 g/mol. The molecular weight excluding hydrogens is 403 g/mol. The predicted molar refractivity (Wildman–Crippen MR) is 109 cm³/mol. The fourth-order valence-corrected chi connectivity index (χ4v) is 8.77. The third-order valence-corrected chi connectivity index (χ3v) is 10.1. The van der Waals surface area contributed by atoms with Gasteiger partial charge in [0, 0.05) is 23.7 Å². The zero-order chi connectivity index (χ0) is 22.6. The van der Waals surface area contributed by atoms with Crippen LogP contribution in [0.2, 0.25) is 0 Å². The van der Waals surface area contributed by atoms with Crippen molar-refractivity contribution in [3.8, 4) is 0 Å². The Balaban J connectivity index is 1.60. The van der Waals surface area contributed by atoms with Crippen molar-refractivity contribution < 1.29 is 33.7 Å². The number of fused-ring (bicyclic) bond motifs is 7. The van der Waals surface area contributed by atoms with Gasteiger partial charge in [0.2, 0.25) is 0 Å². The lowest BCUT2D eigenvalue weighted by Crippen LogP contribution is -2.71. The average molecular weight is 439 g/mol. The highest BCUT2D eigenvalue weighted by atomic mass is 19.1. The maximum absolute atomic E-state index is 17.2. The molecule has 9 atom stereocenters. The number of hydrogen-bond acceptors (Lipinski definition) is 6. The van der Waals surface area contributed by atoms with Crippen LogP contribution >= 0.6 is 0 Å². The maximum Gasteiger partial charge on any atom is 0.193 e. The molecule has 5 fully saturated rings. The second-order valence-corrected chi connectivity index (χ2v) is 11.7. The van der Waals surface area contributed by atoms with E-state index in [-0.39, 0.29) is 24.0 Å². The standard InChI is InChI=1S/C24H35FO6/c1-20(2)30-19-10-16-15-6-5-13-9-14(27)7-8-21(13,3)23(15,25)17(28)11-22(16,4)24(19,31-20)18(29)12-26/h13,15-17,19,26,28H,5-12H2,1-4H3/t13?,15?,16-,17-,19+,21?,22?,23-,24-/m1/s1. The SMILES string of the molecule is CC1(C)O[C@H]2C[C@@H]3C4CCC5CC(=O)CCC5(C)[C@]4(F)[C@H](O)CC3(C)[C@]2(C(=O)CO)O1. The van der Waals surface area contributed by atoms with Crippen molar-refractivity contribution in [2.24, 2.45) is 28.6 Å². The minimum absolute atomic E-state index is 0.0608. The van der Waals surface area contributed by atoms with Gasteiger partial charge in [0.25, 0.3) is 0 Å². The Hall–Kier alpha value is -0.890. The number of Topliss-reactive ketones (excluding diaryl/α,β-unsaturated/α-hetero) is 2. The van der Waals surface area contributed by atoms with Crippen molar-refractivity contribution >= 4 is 11.6 Å². The van der Waals surface area contributed by atoms with Crippen molar-refractivity contribution in [2.45, 2.75) is 102 Å². The molecule has 1 aliphatic heterocycles. The number of carbonyl (C=O) groups is 2. The largest absolute Gasteiger partial charge is 0.390 e. The summed E-state index contributed by atoms with van der Waals surface area (Å²) >= 11 is 0. The molecule has 4 unspecified atom stereocenters. The van der Waals surface area contributed by atoms with Gasteiger partial charge in [0.05, 0.1) is 12.2 Å². The summed E-state index contributed by atoms with van der Waals surface area (Å²) in [6.45, 7) is 6.65. The van der Waals surface area contributed by atoms with E-state index in [0.717, 1.165) is 6.42 Å². The zero-order valence-corrected chi connectivity index (χ0v) is 18.9. The normalized spacial score (nSPS) is 55.2. The molecule has 0 bridgehead atoms. The molecule has 6 nitrogen and oxygen atoms in total. The number of ether oxygens (including phenoxy) is 2. The topological polar surface area (TPSA) is 93.1 Å². The third kappa shape index (κ3) is 2.42. The molecule has 5 rings (SSSR count). The molecule has 5 aliphatic rings. The summed E-state index contributed by atoms with van der Waals surface area (Å²) in [7, 11) is 0. The molecule has 31 heavy (non-hydrogen) atoms. The van der Waals surface area contributed by atoms with Crippen LogP contribution in [-0.4, -0.2) is 57.7 Å². The molecule has 0 spiro atoms. The molecule has 4 saturated carbocycles. The van der Waals surface area contributed by atoms with Crippen molar-refractivity contribution in [1.29, 1.82) is 0 Å². The van der Waals surface area contributed by atoms with Crippen LogP contribution in [0.3, 0.4) is 0 Å². The number of rotatable bonds is 2. The highest BCUT2D eigenvalue weighted by molar-refractivity contribution is 5.91. The molecular formula is C24H35FO6. The van der Waals surface area contributed by atoms with E-state index >= 15 is 4.39 Å². The van der Waals surface area contributed by atoms with Gasteiger partial charge in [-0.2, -0.15) is 0 Å². The van der Waals surface area contributed by atoms with Gasteiger partial charge in [-0.1, -0.05) is 13.8 Å². The van der Waals surface area contributed by atoms with E-state index in [9.17, 15) is 19.8 Å². The first-order valence-corrected chi connectivity index (χ1v) is 11.8. The summed E-state index contributed by atoms with van der Waals surface area (Å²) in [6, 6.07) is 0. The van der Waals surface area contributed by atoms with Gasteiger partial charge in [-0.15, -0.1) is 0 Å².